The molecule has 0 atom stereocenters. The summed E-state index contributed by atoms with van der Waals surface area (Å²) in [5.74, 6) is 0. The Kier molecular flexibility index (Phi) is 6.03. The van der Waals surface area contributed by atoms with Crippen LogP contribution < -0.4 is 4.90 Å². The Labute approximate surface area is 309 Å². The van der Waals surface area contributed by atoms with Crippen LogP contribution >= 0.6 is 0 Å². The van der Waals surface area contributed by atoms with Crippen molar-refractivity contribution >= 4 is 60.5 Å². The van der Waals surface area contributed by atoms with Crippen molar-refractivity contribution in [2.45, 2.75) is 45.4 Å². The summed E-state index contributed by atoms with van der Waals surface area (Å²) in [5, 5.41) is 7.58. The Balaban J connectivity index is 1.07. The highest BCUT2D eigenvalue weighted by Gasteiger charge is 2.39. The lowest BCUT2D eigenvalue weighted by atomic mass is 9.78. The van der Waals surface area contributed by atoms with Gasteiger partial charge in [0, 0.05) is 38.7 Å². The third kappa shape index (κ3) is 4.15. The quantitative estimate of drug-likeness (QED) is 0.185. The average molecular weight is 682 g/mol. The molecule has 0 bridgehead atoms. The van der Waals surface area contributed by atoms with Gasteiger partial charge in [-0.1, -0.05) is 124 Å². The summed E-state index contributed by atoms with van der Waals surface area (Å²) in [6.45, 7) is 11.7. The van der Waals surface area contributed by atoms with E-state index in [2.05, 4.69) is 179 Å². The molecule has 9 aromatic rings. The number of nitrogens with zero attached hydrogens (tertiary/aromatic N) is 1. The summed E-state index contributed by atoms with van der Waals surface area (Å²) in [5.41, 5.74) is 17.1. The fourth-order valence-electron chi connectivity index (χ4n) is 9.87. The minimum Gasteiger partial charge on any atom is -0.456 e. The number of hydrogen-bond donors (Lipinski definition) is 0. The molecule has 2 heteroatoms. The lowest BCUT2D eigenvalue weighted by Gasteiger charge is -2.29. The summed E-state index contributed by atoms with van der Waals surface area (Å²) in [7, 11) is 0. The number of furan rings is 1. The average Bonchev–Trinajstić information content (AvgIpc) is 3.73. The van der Waals surface area contributed by atoms with Gasteiger partial charge in [-0.3, -0.25) is 0 Å². The second-order valence-electron chi connectivity index (χ2n) is 16.2. The normalized spacial score (nSPS) is 14.8. The zero-order valence-electron chi connectivity index (χ0n) is 30.7. The van der Waals surface area contributed by atoms with Crippen LogP contribution in [0, 0.1) is 6.92 Å². The molecule has 0 spiro atoms. The van der Waals surface area contributed by atoms with Gasteiger partial charge >= 0.3 is 0 Å². The molecule has 2 nitrogen and oxygen atoms in total. The predicted octanol–water partition coefficient (Wildman–Crippen LogP) is 14.3. The van der Waals surface area contributed by atoms with Gasteiger partial charge in [0.2, 0.25) is 0 Å². The van der Waals surface area contributed by atoms with Crippen molar-refractivity contribution in [3.63, 3.8) is 0 Å². The molecule has 1 aromatic heterocycles. The maximum absolute atomic E-state index is 6.36. The first-order valence-electron chi connectivity index (χ1n) is 18.8. The number of fused-ring (bicyclic) bond motifs is 13. The number of hydrogen-bond acceptors (Lipinski definition) is 2. The van der Waals surface area contributed by atoms with Crippen molar-refractivity contribution in [3.05, 3.63) is 173 Å². The molecule has 0 N–H and O–H groups in total. The molecule has 2 aliphatic rings. The summed E-state index contributed by atoms with van der Waals surface area (Å²) in [6.07, 6.45) is 0. The van der Waals surface area contributed by atoms with Crippen molar-refractivity contribution in [2.75, 3.05) is 4.90 Å². The highest BCUT2D eigenvalue weighted by Crippen LogP contribution is 2.55. The first kappa shape index (κ1) is 30.5. The lowest BCUT2D eigenvalue weighted by Crippen LogP contribution is -2.17. The van der Waals surface area contributed by atoms with E-state index in [4.69, 9.17) is 4.42 Å². The summed E-state index contributed by atoms with van der Waals surface area (Å²) in [4.78, 5) is 2.43. The molecular formula is C51H39NO. The molecule has 0 amide bonds. The Bertz CT molecular complexity index is 3010. The maximum atomic E-state index is 6.36. The van der Waals surface area contributed by atoms with Gasteiger partial charge in [0.1, 0.15) is 11.2 Å². The van der Waals surface area contributed by atoms with E-state index in [1.54, 1.807) is 0 Å². The first-order valence-corrected chi connectivity index (χ1v) is 18.8. The molecule has 0 radical (unpaired) electrons. The van der Waals surface area contributed by atoms with Crippen LogP contribution in [-0.2, 0) is 10.8 Å². The van der Waals surface area contributed by atoms with Crippen LogP contribution in [0.4, 0.5) is 17.1 Å². The monoisotopic (exact) mass is 681 g/mol. The van der Waals surface area contributed by atoms with E-state index in [1.807, 2.05) is 6.07 Å². The minimum atomic E-state index is -0.193. The highest BCUT2D eigenvalue weighted by molar-refractivity contribution is 6.08. The number of rotatable bonds is 3. The lowest BCUT2D eigenvalue weighted by molar-refractivity contribution is 0.647. The van der Waals surface area contributed by atoms with Gasteiger partial charge in [-0.2, -0.15) is 0 Å². The molecule has 0 unspecified atom stereocenters. The van der Waals surface area contributed by atoms with Crippen molar-refractivity contribution in [3.8, 4) is 22.3 Å². The van der Waals surface area contributed by atoms with Crippen molar-refractivity contribution in [1.29, 1.82) is 0 Å². The minimum absolute atomic E-state index is 0.128. The summed E-state index contributed by atoms with van der Waals surface area (Å²) >= 11 is 0. The fraction of sp³-hybridized carbons (Fsp3) is 0.137. The fourth-order valence-corrected chi connectivity index (χ4v) is 9.87. The van der Waals surface area contributed by atoms with Gasteiger partial charge < -0.3 is 9.32 Å². The number of para-hydroxylation sites is 1. The largest absolute Gasteiger partial charge is 0.456 e. The van der Waals surface area contributed by atoms with E-state index in [0.29, 0.717) is 0 Å². The highest BCUT2D eigenvalue weighted by atomic mass is 16.3. The van der Waals surface area contributed by atoms with Crippen LogP contribution in [0.3, 0.4) is 0 Å². The molecule has 0 saturated carbocycles. The van der Waals surface area contributed by atoms with Gasteiger partial charge in [-0.15, -0.1) is 0 Å². The Morgan fingerprint density at radius 2 is 1.02 bits per heavy atom. The van der Waals surface area contributed by atoms with E-state index >= 15 is 0 Å². The van der Waals surface area contributed by atoms with Crippen molar-refractivity contribution in [2.24, 2.45) is 0 Å². The standard InChI is InChI=1S/C51H39NO/c1-30-14-18-33(19-15-30)52(35-21-25-38-42-28-43-39-12-8-9-13-46(39)53-47(43)29-45(42)50(2,3)44(38)27-35)34-20-24-37-32(26-34)17-23-41-40-22-16-31-10-6-7-11-36(31)48(40)51(4,5)49(37)41/h6-29H,1-5H3. The maximum Gasteiger partial charge on any atom is 0.135 e. The molecule has 0 saturated heterocycles. The molecule has 254 valence electrons. The molecule has 11 rings (SSSR count). The summed E-state index contributed by atoms with van der Waals surface area (Å²) < 4.78 is 6.36. The molecule has 8 aromatic carbocycles. The Hall–Kier alpha value is -6.12. The van der Waals surface area contributed by atoms with Crippen molar-refractivity contribution in [1.82, 2.24) is 0 Å². The molecule has 53 heavy (non-hydrogen) atoms. The molecule has 0 aliphatic heterocycles. The van der Waals surface area contributed by atoms with Crippen LogP contribution in [0.2, 0.25) is 0 Å². The smallest absolute Gasteiger partial charge is 0.135 e. The van der Waals surface area contributed by atoms with E-state index in [0.717, 1.165) is 28.2 Å². The van der Waals surface area contributed by atoms with Crippen LogP contribution in [0.5, 0.6) is 0 Å². The predicted molar refractivity (Wildman–Crippen MR) is 223 cm³/mol. The Morgan fingerprint density at radius 1 is 0.415 bits per heavy atom. The molecule has 2 aliphatic carbocycles. The van der Waals surface area contributed by atoms with Gasteiger partial charge in [0.05, 0.1) is 0 Å². The van der Waals surface area contributed by atoms with Crippen LogP contribution in [0.1, 0.15) is 55.5 Å². The van der Waals surface area contributed by atoms with E-state index < -0.39 is 0 Å². The van der Waals surface area contributed by atoms with Crippen LogP contribution in [-0.4, -0.2) is 0 Å². The second kappa shape index (κ2) is 10.5. The zero-order chi connectivity index (χ0) is 35.8. The van der Waals surface area contributed by atoms with Gasteiger partial charge in [-0.05, 0) is 128 Å². The van der Waals surface area contributed by atoms with E-state index in [-0.39, 0.29) is 10.8 Å². The zero-order valence-corrected chi connectivity index (χ0v) is 30.7. The van der Waals surface area contributed by atoms with Gasteiger partial charge in [0.25, 0.3) is 0 Å². The van der Waals surface area contributed by atoms with Crippen molar-refractivity contribution < 1.29 is 4.42 Å². The SMILES string of the molecule is Cc1ccc(N(c2ccc3c(c2)C(C)(C)c2cc4oc5ccccc5c4cc2-3)c2ccc3c4c(ccc3c2)-c2ccc3ccccc3c2C4(C)C)cc1. The summed E-state index contributed by atoms with van der Waals surface area (Å²) in [6, 6.07) is 54.2. The second-order valence-corrected chi connectivity index (χ2v) is 16.2. The molecular weight excluding hydrogens is 643 g/mol. The number of benzene rings is 8. The third-order valence-corrected chi connectivity index (χ3v) is 12.4. The Morgan fingerprint density at radius 3 is 1.81 bits per heavy atom. The topological polar surface area (TPSA) is 16.4 Å². The van der Waals surface area contributed by atoms with E-state index in [9.17, 15) is 0 Å². The first-order chi connectivity index (χ1) is 25.7. The van der Waals surface area contributed by atoms with Gasteiger partial charge in [-0.25, -0.2) is 0 Å². The molecule has 1 heterocycles. The third-order valence-electron chi connectivity index (χ3n) is 12.4. The number of anilines is 3. The van der Waals surface area contributed by atoms with Gasteiger partial charge in [0.15, 0.2) is 0 Å². The van der Waals surface area contributed by atoms with E-state index in [1.165, 1.54) is 82.4 Å². The molecule has 0 fully saturated rings. The van der Waals surface area contributed by atoms with Crippen LogP contribution in [0.25, 0.3) is 65.7 Å². The van der Waals surface area contributed by atoms with Crippen LogP contribution in [0.15, 0.2) is 150 Å². The number of aryl methyl sites for hydroxylation is 1.